The lowest BCUT2D eigenvalue weighted by molar-refractivity contribution is 0.0738. The number of hydrogen-bond acceptors (Lipinski definition) is 4. The number of hydrogen-bond donors (Lipinski definition) is 2. The molecule has 0 spiro atoms. The van der Waals surface area contributed by atoms with Gasteiger partial charge >= 0.3 is 0 Å². The van der Waals surface area contributed by atoms with Crippen molar-refractivity contribution >= 4 is 5.65 Å². The van der Waals surface area contributed by atoms with Gasteiger partial charge in [0, 0.05) is 12.6 Å². The summed E-state index contributed by atoms with van der Waals surface area (Å²) in [6.45, 7) is 2.02. The van der Waals surface area contributed by atoms with Crippen LogP contribution < -0.4 is 10.9 Å². The van der Waals surface area contributed by atoms with Crippen LogP contribution in [0.4, 0.5) is 0 Å². The molecule has 1 aliphatic rings. The molecule has 84 valence electrons. The number of aromatic amines is 1. The molecule has 0 radical (unpaired) electrons. The van der Waals surface area contributed by atoms with Crippen LogP contribution in [-0.2, 0) is 4.74 Å². The summed E-state index contributed by atoms with van der Waals surface area (Å²) in [5, 5.41) is 10.3. The number of fused-ring (bicyclic) bond motifs is 1. The molecule has 0 bridgehead atoms. The van der Waals surface area contributed by atoms with E-state index in [1.165, 1.54) is 6.07 Å². The molecular weight excluding hydrogens is 208 g/mol. The first-order valence-electron chi connectivity index (χ1n) is 5.23. The van der Waals surface area contributed by atoms with Crippen molar-refractivity contribution in [2.24, 2.45) is 0 Å². The molecule has 2 aromatic rings. The van der Waals surface area contributed by atoms with Gasteiger partial charge < -0.3 is 10.1 Å². The largest absolute Gasteiger partial charge is 0.378 e. The fraction of sp³-hybridized carbons (Fsp3) is 0.400. The smallest absolute Gasteiger partial charge is 0.257 e. The molecule has 2 aromatic heterocycles. The molecule has 3 rings (SSSR count). The second-order valence-electron chi connectivity index (χ2n) is 3.75. The summed E-state index contributed by atoms with van der Waals surface area (Å²) < 4.78 is 6.94. The zero-order valence-electron chi connectivity index (χ0n) is 8.64. The fourth-order valence-corrected chi connectivity index (χ4v) is 1.94. The Bertz CT molecular complexity index is 553. The van der Waals surface area contributed by atoms with Crippen molar-refractivity contribution in [1.29, 1.82) is 0 Å². The summed E-state index contributed by atoms with van der Waals surface area (Å²) in [6, 6.07) is 5.03. The highest BCUT2D eigenvalue weighted by Gasteiger charge is 2.20. The van der Waals surface area contributed by atoms with Crippen LogP contribution in [0.3, 0.4) is 0 Å². The van der Waals surface area contributed by atoms with E-state index >= 15 is 0 Å². The standard InChI is InChI=1S/C10H12N4O2/c15-9-3-1-2-8-12-13-10(14(8)9)7-6-16-5-4-11-7/h1-3,7,11-12H,4-6H2. The second-order valence-corrected chi connectivity index (χ2v) is 3.75. The molecule has 1 atom stereocenters. The van der Waals surface area contributed by atoms with E-state index in [0.29, 0.717) is 24.7 Å². The van der Waals surface area contributed by atoms with Gasteiger partial charge in [0.25, 0.3) is 5.56 Å². The third-order valence-electron chi connectivity index (χ3n) is 2.70. The van der Waals surface area contributed by atoms with Crippen LogP contribution >= 0.6 is 0 Å². The van der Waals surface area contributed by atoms with Crippen LogP contribution in [0.5, 0.6) is 0 Å². The third-order valence-corrected chi connectivity index (χ3v) is 2.70. The van der Waals surface area contributed by atoms with E-state index in [-0.39, 0.29) is 11.6 Å². The zero-order valence-corrected chi connectivity index (χ0v) is 8.64. The Balaban J connectivity index is 2.12. The maximum Gasteiger partial charge on any atom is 0.257 e. The first-order valence-corrected chi connectivity index (χ1v) is 5.23. The predicted molar refractivity (Wildman–Crippen MR) is 57.4 cm³/mol. The number of pyridine rings is 1. The minimum atomic E-state index is -0.0753. The lowest BCUT2D eigenvalue weighted by atomic mass is 10.2. The lowest BCUT2D eigenvalue weighted by Crippen LogP contribution is -2.36. The molecule has 0 aliphatic carbocycles. The summed E-state index contributed by atoms with van der Waals surface area (Å²) in [4.78, 5) is 11.7. The number of aromatic nitrogens is 3. The van der Waals surface area contributed by atoms with Gasteiger partial charge in [-0.05, 0) is 6.07 Å². The Morgan fingerprint density at radius 2 is 2.44 bits per heavy atom. The predicted octanol–water partition coefficient (Wildman–Crippen LogP) is -0.317. The highest BCUT2D eigenvalue weighted by atomic mass is 16.5. The van der Waals surface area contributed by atoms with Crippen molar-refractivity contribution in [2.75, 3.05) is 19.8 Å². The van der Waals surface area contributed by atoms with E-state index in [2.05, 4.69) is 15.5 Å². The van der Waals surface area contributed by atoms with Gasteiger partial charge in [-0.15, -0.1) is 0 Å². The molecule has 1 aliphatic heterocycles. The molecule has 1 unspecified atom stereocenters. The molecule has 6 nitrogen and oxygen atoms in total. The molecule has 6 heteroatoms. The SMILES string of the molecule is O=c1cccc2[nH]nc(C3COCCN3)n12. The average Bonchev–Trinajstić information content (AvgIpc) is 2.75. The highest BCUT2D eigenvalue weighted by molar-refractivity contribution is 5.37. The normalized spacial score (nSPS) is 21.4. The van der Waals surface area contributed by atoms with Crippen molar-refractivity contribution in [3.05, 3.63) is 34.4 Å². The van der Waals surface area contributed by atoms with Gasteiger partial charge in [0.05, 0.1) is 19.3 Å². The molecule has 3 heterocycles. The van der Waals surface area contributed by atoms with Gasteiger partial charge in [-0.25, -0.2) is 4.40 Å². The first-order chi connectivity index (χ1) is 7.86. The van der Waals surface area contributed by atoms with E-state index < -0.39 is 0 Å². The van der Waals surface area contributed by atoms with Crippen LogP contribution in [0.1, 0.15) is 11.9 Å². The molecule has 0 saturated carbocycles. The zero-order chi connectivity index (χ0) is 11.0. The Morgan fingerprint density at radius 1 is 1.50 bits per heavy atom. The Hall–Kier alpha value is -1.66. The Morgan fingerprint density at radius 3 is 3.25 bits per heavy atom. The summed E-state index contributed by atoms with van der Waals surface area (Å²) in [7, 11) is 0. The van der Waals surface area contributed by atoms with Crippen LogP contribution in [0.25, 0.3) is 5.65 Å². The molecule has 1 saturated heterocycles. The van der Waals surface area contributed by atoms with Gasteiger partial charge in [-0.3, -0.25) is 9.89 Å². The number of nitrogens with one attached hydrogen (secondary N) is 2. The van der Waals surface area contributed by atoms with E-state index in [0.717, 1.165) is 6.54 Å². The average molecular weight is 220 g/mol. The number of morpholine rings is 1. The van der Waals surface area contributed by atoms with Crippen molar-refractivity contribution in [1.82, 2.24) is 19.9 Å². The molecule has 2 N–H and O–H groups in total. The van der Waals surface area contributed by atoms with Crippen LogP contribution in [0, 0.1) is 0 Å². The Labute approximate surface area is 91.2 Å². The van der Waals surface area contributed by atoms with E-state index in [1.54, 1.807) is 10.5 Å². The maximum absolute atomic E-state index is 11.7. The summed E-state index contributed by atoms with van der Waals surface area (Å²) in [6.07, 6.45) is 0. The minimum Gasteiger partial charge on any atom is -0.378 e. The lowest BCUT2D eigenvalue weighted by Gasteiger charge is -2.22. The molecular formula is C10H12N4O2. The molecule has 0 aromatic carbocycles. The van der Waals surface area contributed by atoms with Crippen LogP contribution in [0.15, 0.2) is 23.0 Å². The van der Waals surface area contributed by atoms with Gasteiger partial charge in [-0.1, -0.05) is 6.07 Å². The quantitative estimate of drug-likeness (QED) is 0.691. The summed E-state index contributed by atoms with van der Waals surface area (Å²) in [5.41, 5.74) is 0.628. The maximum atomic E-state index is 11.7. The van der Waals surface area contributed by atoms with Crippen molar-refractivity contribution in [3.8, 4) is 0 Å². The first kappa shape index (κ1) is 9.56. The highest BCUT2D eigenvalue weighted by Crippen LogP contribution is 2.13. The number of nitrogens with zero attached hydrogens (tertiary/aromatic N) is 2. The van der Waals surface area contributed by atoms with Gasteiger partial charge in [0.1, 0.15) is 5.65 Å². The van der Waals surface area contributed by atoms with Crippen molar-refractivity contribution in [3.63, 3.8) is 0 Å². The summed E-state index contributed by atoms with van der Waals surface area (Å²) >= 11 is 0. The molecule has 0 amide bonds. The fourth-order valence-electron chi connectivity index (χ4n) is 1.94. The van der Waals surface area contributed by atoms with E-state index in [9.17, 15) is 4.79 Å². The van der Waals surface area contributed by atoms with Gasteiger partial charge in [0.15, 0.2) is 5.82 Å². The minimum absolute atomic E-state index is 0.0254. The van der Waals surface area contributed by atoms with E-state index in [4.69, 9.17) is 4.74 Å². The van der Waals surface area contributed by atoms with Crippen molar-refractivity contribution < 1.29 is 4.74 Å². The number of rotatable bonds is 1. The number of ether oxygens (including phenoxy) is 1. The monoisotopic (exact) mass is 220 g/mol. The topological polar surface area (TPSA) is 71.4 Å². The number of H-pyrrole nitrogens is 1. The Kier molecular flexibility index (Phi) is 2.23. The molecule has 16 heavy (non-hydrogen) atoms. The van der Waals surface area contributed by atoms with Crippen molar-refractivity contribution in [2.45, 2.75) is 6.04 Å². The van der Waals surface area contributed by atoms with Crippen LogP contribution in [-0.4, -0.2) is 34.4 Å². The van der Waals surface area contributed by atoms with E-state index in [1.807, 2.05) is 6.07 Å². The van der Waals surface area contributed by atoms with Gasteiger partial charge in [0.2, 0.25) is 0 Å². The second kappa shape index (κ2) is 3.73. The van der Waals surface area contributed by atoms with Crippen LogP contribution in [0.2, 0.25) is 0 Å². The summed E-state index contributed by atoms with van der Waals surface area (Å²) in [5.74, 6) is 0.681. The third kappa shape index (κ3) is 1.43. The molecule has 1 fully saturated rings. The van der Waals surface area contributed by atoms with Gasteiger partial charge in [-0.2, -0.15) is 5.10 Å².